The molecule has 1 atom stereocenters. The molecular weight excluding hydrogens is 342 g/mol. The van der Waals surface area contributed by atoms with E-state index in [1.165, 1.54) is 13.0 Å². The molecule has 1 aliphatic rings. The predicted octanol–water partition coefficient (Wildman–Crippen LogP) is 2.01. The van der Waals surface area contributed by atoms with Crippen LogP contribution in [0.2, 0.25) is 0 Å². The van der Waals surface area contributed by atoms with E-state index in [2.05, 4.69) is 9.88 Å². The van der Waals surface area contributed by atoms with Gasteiger partial charge in [-0.25, -0.2) is 13.1 Å². The van der Waals surface area contributed by atoms with E-state index in [9.17, 15) is 13.2 Å². The van der Waals surface area contributed by atoms with Gasteiger partial charge in [-0.2, -0.15) is 0 Å². The Morgan fingerprint density at radius 1 is 1.40 bits per heavy atom. The molecule has 1 N–H and O–H groups in total. The van der Waals surface area contributed by atoms with Crippen molar-refractivity contribution in [3.8, 4) is 0 Å². The third-order valence-corrected chi connectivity index (χ3v) is 5.72. The number of hydrogen-bond acceptors (Lipinski definition) is 5. The Hall–Kier alpha value is -2.19. The minimum atomic E-state index is -3.67. The normalized spacial score (nSPS) is 16.9. The second-order valence-electron chi connectivity index (χ2n) is 6.20. The lowest BCUT2D eigenvalue weighted by Gasteiger charge is -2.20. The van der Waals surface area contributed by atoms with Gasteiger partial charge in [0.1, 0.15) is 0 Å². The van der Waals surface area contributed by atoms with Crippen LogP contribution in [0.5, 0.6) is 0 Å². The summed E-state index contributed by atoms with van der Waals surface area (Å²) < 4.78 is 32.7. The summed E-state index contributed by atoms with van der Waals surface area (Å²) in [4.78, 5) is 13.6. The molecule has 3 rings (SSSR count). The zero-order valence-electron chi connectivity index (χ0n) is 14.4. The van der Waals surface area contributed by atoms with Gasteiger partial charge in [-0.3, -0.25) is 4.79 Å². The van der Waals surface area contributed by atoms with Crippen LogP contribution in [-0.2, 0) is 34.2 Å². The summed E-state index contributed by atoms with van der Waals surface area (Å²) in [5.74, 6) is 0.426. The fraction of sp³-hybridized carbons (Fsp3) is 0.412. The molecule has 0 unspecified atom stereocenters. The summed E-state index contributed by atoms with van der Waals surface area (Å²) in [6.07, 6.45) is 1.37. The van der Waals surface area contributed by atoms with E-state index in [0.717, 1.165) is 23.4 Å². The minimum absolute atomic E-state index is 0.0278. The number of hydrogen-bond donors (Lipinski definition) is 1. The van der Waals surface area contributed by atoms with Gasteiger partial charge in [-0.1, -0.05) is 12.1 Å². The van der Waals surface area contributed by atoms with E-state index in [0.29, 0.717) is 12.2 Å². The molecule has 7 nitrogen and oxygen atoms in total. The van der Waals surface area contributed by atoms with Crippen LogP contribution in [-0.4, -0.2) is 25.5 Å². The van der Waals surface area contributed by atoms with Crippen LogP contribution >= 0.6 is 0 Å². The van der Waals surface area contributed by atoms with Crippen LogP contribution in [0.3, 0.4) is 0 Å². The lowest BCUT2D eigenvalue weighted by molar-refractivity contribution is -0.116. The monoisotopic (exact) mass is 363 g/mol. The Balaban J connectivity index is 1.79. The summed E-state index contributed by atoms with van der Waals surface area (Å²) >= 11 is 0. The number of aryl methyl sites for hydroxylation is 1. The Morgan fingerprint density at radius 3 is 2.80 bits per heavy atom. The molecule has 1 aliphatic heterocycles. The van der Waals surface area contributed by atoms with E-state index in [4.69, 9.17) is 4.52 Å². The molecule has 0 bridgehead atoms. The van der Waals surface area contributed by atoms with Gasteiger partial charge in [0.2, 0.25) is 15.9 Å². The number of sulfonamides is 1. The maximum atomic E-state index is 12.5. The van der Waals surface area contributed by atoms with Crippen LogP contribution in [0.1, 0.15) is 37.8 Å². The van der Waals surface area contributed by atoms with Gasteiger partial charge in [-0.05, 0) is 43.5 Å². The standard InChI is InChI=1S/C17H21N3O4S/c1-4-14-9-15(24-19-14)10-18-25(22,23)16-5-6-17-13(8-16)7-11(2)20(17)12(3)21/h5-6,8-9,11,18H,4,7,10H2,1-3H3/t11-/m0/s1. The Kier molecular flexibility index (Phi) is 4.66. The topological polar surface area (TPSA) is 92.5 Å². The summed E-state index contributed by atoms with van der Waals surface area (Å²) in [5.41, 5.74) is 2.42. The number of carbonyl (C=O) groups excluding carboxylic acids is 1. The molecule has 1 aromatic heterocycles. The fourth-order valence-electron chi connectivity index (χ4n) is 3.11. The average molecular weight is 363 g/mol. The Labute approximate surface area is 147 Å². The number of aromatic nitrogens is 1. The first kappa shape index (κ1) is 17.6. The van der Waals surface area contributed by atoms with Crippen LogP contribution < -0.4 is 9.62 Å². The molecular formula is C17H21N3O4S. The molecule has 8 heteroatoms. The van der Waals surface area contributed by atoms with Gasteiger partial charge in [0.05, 0.1) is 17.1 Å². The van der Waals surface area contributed by atoms with E-state index >= 15 is 0 Å². The first-order valence-electron chi connectivity index (χ1n) is 8.18. The minimum Gasteiger partial charge on any atom is -0.360 e. The maximum Gasteiger partial charge on any atom is 0.240 e. The van der Waals surface area contributed by atoms with Crippen LogP contribution in [0.4, 0.5) is 5.69 Å². The largest absolute Gasteiger partial charge is 0.360 e. The van der Waals surface area contributed by atoms with Gasteiger partial charge in [0.25, 0.3) is 0 Å². The zero-order chi connectivity index (χ0) is 18.2. The lowest BCUT2D eigenvalue weighted by atomic mass is 10.1. The van der Waals surface area contributed by atoms with Gasteiger partial charge >= 0.3 is 0 Å². The molecule has 0 aliphatic carbocycles. The van der Waals surface area contributed by atoms with Crippen molar-refractivity contribution < 1.29 is 17.7 Å². The highest BCUT2D eigenvalue weighted by atomic mass is 32.2. The van der Waals surface area contributed by atoms with Gasteiger partial charge in [0.15, 0.2) is 5.76 Å². The van der Waals surface area contributed by atoms with Gasteiger partial charge in [0, 0.05) is 24.7 Å². The molecule has 0 radical (unpaired) electrons. The second-order valence-corrected chi connectivity index (χ2v) is 7.96. The molecule has 25 heavy (non-hydrogen) atoms. The smallest absolute Gasteiger partial charge is 0.240 e. The van der Waals surface area contributed by atoms with Crippen molar-refractivity contribution in [1.82, 2.24) is 9.88 Å². The van der Waals surface area contributed by atoms with Gasteiger partial charge < -0.3 is 9.42 Å². The summed E-state index contributed by atoms with van der Waals surface area (Å²) in [6.45, 7) is 5.45. The number of anilines is 1. The van der Waals surface area contributed by atoms with Crippen LogP contribution in [0, 0.1) is 0 Å². The molecule has 0 saturated heterocycles. The lowest BCUT2D eigenvalue weighted by Crippen LogP contribution is -2.33. The zero-order valence-corrected chi connectivity index (χ0v) is 15.3. The summed E-state index contributed by atoms with van der Waals surface area (Å²) in [5, 5.41) is 3.84. The Bertz CT molecular complexity index is 904. The first-order valence-corrected chi connectivity index (χ1v) is 9.67. The number of amides is 1. The molecule has 0 saturated carbocycles. The fourth-order valence-corrected chi connectivity index (χ4v) is 4.15. The van der Waals surface area contributed by atoms with Crippen molar-refractivity contribution in [1.29, 1.82) is 0 Å². The number of carbonyl (C=O) groups is 1. The molecule has 0 fully saturated rings. The molecule has 2 aromatic rings. The van der Waals surface area contributed by atoms with Crippen LogP contribution in [0.15, 0.2) is 33.7 Å². The van der Waals surface area contributed by atoms with Crippen LogP contribution in [0.25, 0.3) is 0 Å². The summed E-state index contributed by atoms with van der Waals surface area (Å²) in [7, 11) is -3.67. The number of benzene rings is 1. The highest BCUT2D eigenvalue weighted by Gasteiger charge is 2.30. The molecule has 2 heterocycles. The quantitative estimate of drug-likeness (QED) is 0.877. The van der Waals surface area contributed by atoms with E-state index in [-0.39, 0.29) is 23.4 Å². The van der Waals surface area contributed by atoms with Crippen molar-refractivity contribution in [2.75, 3.05) is 4.90 Å². The van der Waals surface area contributed by atoms with Crippen molar-refractivity contribution in [3.63, 3.8) is 0 Å². The highest BCUT2D eigenvalue weighted by molar-refractivity contribution is 7.89. The predicted molar refractivity (Wildman–Crippen MR) is 92.7 cm³/mol. The van der Waals surface area contributed by atoms with E-state index in [1.54, 1.807) is 23.1 Å². The number of fused-ring (bicyclic) bond motifs is 1. The first-order chi connectivity index (χ1) is 11.8. The van der Waals surface area contributed by atoms with E-state index in [1.807, 2.05) is 13.8 Å². The molecule has 1 aromatic carbocycles. The average Bonchev–Trinajstić information content (AvgIpc) is 3.15. The maximum absolute atomic E-state index is 12.5. The highest BCUT2D eigenvalue weighted by Crippen LogP contribution is 2.33. The third-order valence-electron chi connectivity index (χ3n) is 4.32. The van der Waals surface area contributed by atoms with Crippen molar-refractivity contribution in [2.24, 2.45) is 0 Å². The van der Waals surface area contributed by atoms with E-state index < -0.39 is 10.0 Å². The molecule has 1 amide bonds. The number of rotatable bonds is 5. The number of nitrogens with zero attached hydrogens (tertiary/aromatic N) is 2. The number of nitrogens with one attached hydrogen (secondary N) is 1. The third kappa shape index (κ3) is 3.45. The van der Waals surface area contributed by atoms with Crippen molar-refractivity contribution >= 4 is 21.6 Å². The van der Waals surface area contributed by atoms with Crippen molar-refractivity contribution in [2.45, 2.75) is 51.1 Å². The molecule has 0 spiro atoms. The van der Waals surface area contributed by atoms with Gasteiger partial charge in [-0.15, -0.1) is 0 Å². The van der Waals surface area contributed by atoms with Crippen molar-refractivity contribution in [3.05, 3.63) is 41.3 Å². The summed E-state index contributed by atoms with van der Waals surface area (Å²) in [6, 6.07) is 6.61. The SMILES string of the molecule is CCc1cc(CNS(=O)(=O)c2ccc3c(c2)C[C@H](C)N3C(C)=O)on1. The Morgan fingerprint density at radius 2 is 2.16 bits per heavy atom. The molecule has 134 valence electrons. The second kappa shape index (κ2) is 6.61.